The predicted molar refractivity (Wildman–Crippen MR) is 84.2 cm³/mol. The molecule has 0 atom stereocenters. The van der Waals surface area contributed by atoms with E-state index >= 15 is 0 Å². The van der Waals surface area contributed by atoms with E-state index < -0.39 is 0 Å². The predicted octanol–water partition coefficient (Wildman–Crippen LogP) is -0.216. The second kappa shape index (κ2) is 16.5. The van der Waals surface area contributed by atoms with E-state index in [2.05, 4.69) is 10.6 Å². The quantitative estimate of drug-likeness (QED) is 0.359. The van der Waals surface area contributed by atoms with Crippen molar-refractivity contribution in [2.24, 2.45) is 0 Å². The Morgan fingerprint density at radius 1 is 0.773 bits per heavy atom. The third kappa shape index (κ3) is 15.5. The first-order chi connectivity index (χ1) is 10.7. The van der Waals surface area contributed by atoms with Crippen LogP contribution in [0.4, 0.5) is 0 Å². The highest BCUT2D eigenvalue weighted by Gasteiger charge is 2.02. The lowest BCUT2D eigenvalue weighted by Gasteiger charge is -2.07. The lowest BCUT2D eigenvalue weighted by molar-refractivity contribution is -0.126. The van der Waals surface area contributed by atoms with Crippen LogP contribution < -0.4 is 10.6 Å². The molecule has 0 amide bonds. The summed E-state index contributed by atoms with van der Waals surface area (Å²) in [6, 6.07) is 0. The van der Waals surface area contributed by atoms with E-state index in [1.165, 1.54) is 0 Å². The Hall–Kier alpha value is -0.860. The summed E-state index contributed by atoms with van der Waals surface area (Å²) < 4.78 is 15.6. The number of likely N-dealkylation sites (N-methyl/N-ethyl adjacent to an activating group) is 1. The average molecular weight is 318 g/mol. The molecule has 0 fully saturated rings. The fourth-order valence-electron chi connectivity index (χ4n) is 1.44. The van der Waals surface area contributed by atoms with Crippen LogP contribution in [0, 0.1) is 0 Å². The van der Waals surface area contributed by atoms with Crippen molar-refractivity contribution in [3.8, 4) is 0 Å². The largest absolute Gasteiger partial charge is 0.379 e. The van der Waals surface area contributed by atoms with Crippen molar-refractivity contribution in [3.05, 3.63) is 0 Å². The molecule has 22 heavy (non-hydrogen) atoms. The van der Waals surface area contributed by atoms with Crippen LogP contribution in [-0.2, 0) is 23.8 Å². The summed E-state index contributed by atoms with van der Waals surface area (Å²) in [4.78, 5) is 22.4. The maximum Gasteiger partial charge on any atom is 0.172 e. The average Bonchev–Trinajstić information content (AvgIpc) is 2.52. The third-order valence-corrected chi connectivity index (χ3v) is 2.71. The van der Waals surface area contributed by atoms with Crippen LogP contribution in [0.1, 0.15) is 20.3 Å². The Kier molecular flexibility index (Phi) is 15.9. The zero-order valence-electron chi connectivity index (χ0n) is 13.8. The minimum atomic E-state index is -0.0164. The number of nitrogens with one attached hydrogen (secondary N) is 2. The molecule has 0 rings (SSSR count). The van der Waals surface area contributed by atoms with E-state index in [0.717, 1.165) is 13.1 Å². The van der Waals surface area contributed by atoms with Crippen molar-refractivity contribution >= 4 is 11.6 Å². The molecule has 0 aliphatic heterocycles. The standard InChI is InChI=1S/C15H30N2O5/c1-3-14(18)12-21-9-10-22-13-15(19)11-17-6-8-20-7-5-16-4-2/h16-17H,3-13H2,1-2H3. The van der Waals surface area contributed by atoms with Gasteiger partial charge in [-0.25, -0.2) is 0 Å². The highest BCUT2D eigenvalue weighted by Crippen LogP contribution is 1.85. The second-order valence-electron chi connectivity index (χ2n) is 4.68. The molecule has 0 aliphatic rings. The van der Waals surface area contributed by atoms with Crippen LogP contribution in [-0.4, -0.2) is 77.4 Å². The van der Waals surface area contributed by atoms with Crippen LogP contribution in [0.5, 0.6) is 0 Å². The molecule has 0 aliphatic carbocycles. The molecule has 2 N–H and O–H groups in total. The molecule has 0 aromatic heterocycles. The minimum absolute atomic E-state index is 0.0164. The van der Waals surface area contributed by atoms with Crippen LogP contribution in [0.25, 0.3) is 0 Å². The van der Waals surface area contributed by atoms with E-state index in [1.54, 1.807) is 6.92 Å². The number of ether oxygens (including phenoxy) is 3. The van der Waals surface area contributed by atoms with Crippen molar-refractivity contribution in [2.75, 3.05) is 65.8 Å². The van der Waals surface area contributed by atoms with Gasteiger partial charge in [-0.1, -0.05) is 13.8 Å². The van der Waals surface area contributed by atoms with Crippen molar-refractivity contribution in [1.82, 2.24) is 10.6 Å². The molecule has 0 spiro atoms. The van der Waals surface area contributed by atoms with E-state index in [9.17, 15) is 9.59 Å². The number of ketones is 2. The summed E-state index contributed by atoms with van der Waals surface area (Å²) >= 11 is 0. The van der Waals surface area contributed by atoms with Gasteiger partial charge in [0, 0.05) is 19.5 Å². The van der Waals surface area contributed by atoms with Gasteiger partial charge in [0.2, 0.25) is 0 Å². The molecule has 0 heterocycles. The Morgan fingerprint density at radius 3 is 1.95 bits per heavy atom. The van der Waals surface area contributed by atoms with E-state index in [0.29, 0.717) is 39.4 Å². The first-order valence-corrected chi connectivity index (χ1v) is 7.88. The summed E-state index contributed by atoms with van der Waals surface area (Å²) in [5.74, 6) is 0.0465. The first kappa shape index (κ1) is 21.1. The fraction of sp³-hybridized carbons (Fsp3) is 0.867. The number of hydrogen-bond donors (Lipinski definition) is 2. The molecular formula is C15H30N2O5. The number of rotatable bonds is 17. The third-order valence-electron chi connectivity index (χ3n) is 2.71. The molecule has 0 saturated carbocycles. The van der Waals surface area contributed by atoms with Crippen LogP contribution in [0.2, 0.25) is 0 Å². The van der Waals surface area contributed by atoms with Gasteiger partial charge < -0.3 is 24.8 Å². The van der Waals surface area contributed by atoms with Gasteiger partial charge in [-0.3, -0.25) is 9.59 Å². The monoisotopic (exact) mass is 318 g/mol. The fourth-order valence-corrected chi connectivity index (χ4v) is 1.44. The highest BCUT2D eigenvalue weighted by atomic mass is 16.5. The molecule has 130 valence electrons. The lowest BCUT2D eigenvalue weighted by Crippen LogP contribution is -2.30. The number of Topliss-reactive ketones (excluding diaryl/α,β-unsaturated/α-hetero) is 2. The molecule has 0 aromatic rings. The van der Waals surface area contributed by atoms with Crippen molar-refractivity contribution < 1.29 is 23.8 Å². The Morgan fingerprint density at radius 2 is 1.36 bits per heavy atom. The van der Waals surface area contributed by atoms with Crippen molar-refractivity contribution in [1.29, 1.82) is 0 Å². The highest BCUT2D eigenvalue weighted by molar-refractivity contribution is 5.81. The molecule has 0 saturated heterocycles. The Labute approximate surface area is 133 Å². The zero-order chi connectivity index (χ0) is 16.5. The zero-order valence-corrected chi connectivity index (χ0v) is 13.8. The van der Waals surface area contributed by atoms with E-state index in [-0.39, 0.29) is 31.3 Å². The van der Waals surface area contributed by atoms with E-state index in [1.807, 2.05) is 6.92 Å². The second-order valence-corrected chi connectivity index (χ2v) is 4.68. The summed E-state index contributed by atoms with van der Waals surface area (Å²) in [6.45, 7) is 8.60. The number of carbonyl (C=O) groups is 2. The summed E-state index contributed by atoms with van der Waals surface area (Å²) in [6.07, 6.45) is 0.476. The van der Waals surface area contributed by atoms with Gasteiger partial charge in [-0.2, -0.15) is 0 Å². The molecule has 7 heteroatoms. The van der Waals surface area contributed by atoms with Crippen molar-refractivity contribution in [2.45, 2.75) is 20.3 Å². The topological polar surface area (TPSA) is 85.9 Å². The van der Waals surface area contributed by atoms with Crippen molar-refractivity contribution in [3.63, 3.8) is 0 Å². The smallest absolute Gasteiger partial charge is 0.172 e. The number of hydrogen-bond acceptors (Lipinski definition) is 7. The van der Waals surface area contributed by atoms with E-state index in [4.69, 9.17) is 14.2 Å². The number of carbonyl (C=O) groups excluding carboxylic acids is 2. The van der Waals surface area contributed by atoms with Gasteiger partial charge in [-0.05, 0) is 6.54 Å². The molecular weight excluding hydrogens is 288 g/mol. The van der Waals surface area contributed by atoms with Gasteiger partial charge in [0.25, 0.3) is 0 Å². The molecule has 0 unspecified atom stereocenters. The molecule has 0 radical (unpaired) electrons. The Balaban J connectivity index is 3.21. The summed E-state index contributed by atoms with van der Waals surface area (Å²) in [7, 11) is 0. The van der Waals surface area contributed by atoms with Gasteiger partial charge in [0.15, 0.2) is 11.6 Å². The SMILES string of the molecule is CCNCCOCCNCC(=O)COCCOCC(=O)CC. The maximum atomic E-state index is 11.5. The lowest BCUT2D eigenvalue weighted by atomic mass is 10.3. The van der Waals surface area contributed by atoms with Gasteiger partial charge in [-0.15, -0.1) is 0 Å². The normalized spacial score (nSPS) is 10.8. The van der Waals surface area contributed by atoms with Gasteiger partial charge in [0.05, 0.1) is 33.0 Å². The van der Waals surface area contributed by atoms with Crippen LogP contribution in [0.15, 0.2) is 0 Å². The minimum Gasteiger partial charge on any atom is -0.379 e. The molecule has 0 aromatic carbocycles. The summed E-state index contributed by atoms with van der Waals surface area (Å²) in [5, 5.41) is 6.16. The maximum absolute atomic E-state index is 11.5. The first-order valence-electron chi connectivity index (χ1n) is 7.88. The Bertz CT molecular complexity index is 287. The van der Waals surface area contributed by atoms with Gasteiger partial charge in [0.1, 0.15) is 13.2 Å². The van der Waals surface area contributed by atoms with Gasteiger partial charge >= 0.3 is 0 Å². The van der Waals surface area contributed by atoms with Crippen LogP contribution in [0.3, 0.4) is 0 Å². The van der Waals surface area contributed by atoms with Crippen LogP contribution >= 0.6 is 0 Å². The molecule has 7 nitrogen and oxygen atoms in total. The summed E-state index contributed by atoms with van der Waals surface area (Å²) in [5.41, 5.74) is 0. The molecule has 0 bridgehead atoms.